The molecule has 2 aromatic heterocycles. The number of aryl methyl sites for hydroxylation is 1. The summed E-state index contributed by atoms with van der Waals surface area (Å²) in [7, 11) is 0. The minimum Gasteiger partial charge on any atom is -0.366 e. The molecule has 0 aliphatic carbocycles. The van der Waals surface area contributed by atoms with Crippen molar-refractivity contribution in [3.8, 4) is 33.1 Å². The Morgan fingerprint density at radius 3 is 2.57 bits per heavy atom. The van der Waals surface area contributed by atoms with Gasteiger partial charge in [0.1, 0.15) is 16.5 Å². The van der Waals surface area contributed by atoms with Crippen molar-refractivity contribution >= 4 is 17.2 Å². The third-order valence-corrected chi connectivity index (χ3v) is 5.28. The summed E-state index contributed by atoms with van der Waals surface area (Å²) in [5, 5.41) is 7.42. The van der Waals surface area contributed by atoms with Crippen molar-refractivity contribution in [3.63, 3.8) is 0 Å². The summed E-state index contributed by atoms with van der Waals surface area (Å²) in [5.74, 6) is -1.38. The van der Waals surface area contributed by atoms with Crippen molar-refractivity contribution in [1.82, 2.24) is 14.8 Å². The fraction of sp³-hybridized carbons (Fsp3) is 0.0952. The van der Waals surface area contributed by atoms with Gasteiger partial charge in [-0.1, -0.05) is 36.4 Å². The van der Waals surface area contributed by atoms with E-state index in [0.29, 0.717) is 11.1 Å². The zero-order valence-electron chi connectivity index (χ0n) is 15.1. The molecule has 5 nitrogen and oxygen atoms in total. The van der Waals surface area contributed by atoms with E-state index < -0.39 is 11.7 Å². The molecule has 140 valence electrons. The van der Waals surface area contributed by atoms with Crippen LogP contribution in [0.1, 0.15) is 17.3 Å². The van der Waals surface area contributed by atoms with Gasteiger partial charge in [-0.05, 0) is 30.2 Å². The standard InChI is InChI=1S/C21H17FN4OS/c1-2-26-18(12-17(25-26)21-24-10-11-28-21)14-8-6-13(7-9-14)15-4-3-5-16(19(15)22)20(23)27/h3-12H,2H2,1H3,(H2,23,27). The normalized spacial score (nSPS) is 10.9. The van der Waals surface area contributed by atoms with Gasteiger partial charge in [0.2, 0.25) is 0 Å². The molecule has 0 aliphatic heterocycles. The van der Waals surface area contributed by atoms with E-state index >= 15 is 0 Å². The van der Waals surface area contributed by atoms with E-state index in [0.717, 1.165) is 28.5 Å². The topological polar surface area (TPSA) is 73.8 Å². The van der Waals surface area contributed by atoms with Crippen LogP contribution in [0.15, 0.2) is 60.1 Å². The fourth-order valence-electron chi connectivity index (χ4n) is 3.11. The Bertz CT molecular complexity index is 1130. The third kappa shape index (κ3) is 3.20. The van der Waals surface area contributed by atoms with Crippen molar-refractivity contribution in [2.45, 2.75) is 13.5 Å². The average molecular weight is 392 g/mol. The first-order valence-electron chi connectivity index (χ1n) is 8.75. The summed E-state index contributed by atoms with van der Waals surface area (Å²) in [5.41, 5.74) is 8.91. The number of aromatic nitrogens is 3. The summed E-state index contributed by atoms with van der Waals surface area (Å²) < 4.78 is 16.5. The number of primary amides is 1. The Morgan fingerprint density at radius 1 is 1.18 bits per heavy atom. The van der Waals surface area contributed by atoms with Gasteiger partial charge in [-0.15, -0.1) is 11.3 Å². The minimum atomic E-state index is -0.780. The maximum Gasteiger partial charge on any atom is 0.251 e. The quantitative estimate of drug-likeness (QED) is 0.539. The molecule has 0 spiro atoms. The molecule has 7 heteroatoms. The molecule has 4 aromatic rings. The van der Waals surface area contributed by atoms with Crippen molar-refractivity contribution in [3.05, 3.63) is 71.5 Å². The lowest BCUT2D eigenvalue weighted by atomic mass is 10.00. The number of carbonyl (C=O) groups is 1. The van der Waals surface area contributed by atoms with Crippen LogP contribution < -0.4 is 5.73 Å². The molecule has 0 saturated heterocycles. The molecule has 1 amide bonds. The van der Waals surface area contributed by atoms with Gasteiger partial charge >= 0.3 is 0 Å². The highest BCUT2D eigenvalue weighted by Crippen LogP contribution is 2.30. The maximum absolute atomic E-state index is 14.6. The highest BCUT2D eigenvalue weighted by atomic mass is 32.1. The molecule has 2 N–H and O–H groups in total. The highest BCUT2D eigenvalue weighted by molar-refractivity contribution is 7.13. The summed E-state index contributed by atoms with van der Waals surface area (Å²) in [6.07, 6.45) is 1.76. The Balaban J connectivity index is 1.72. The van der Waals surface area contributed by atoms with Crippen LogP contribution in [0.25, 0.3) is 33.1 Å². The number of thiazole rings is 1. The molecule has 28 heavy (non-hydrogen) atoms. The second-order valence-electron chi connectivity index (χ2n) is 6.18. The number of hydrogen-bond donors (Lipinski definition) is 1. The van der Waals surface area contributed by atoms with Crippen LogP contribution in [0.3, 0.4) is 0 Å². The number of carbonyl (C=O) groups excluding carboxylic acids is 1. The molecule has 0 saturated carbocycles. The summed E-state index contributed by atoms with van der Waals surface area (Å²) in [6.45, 7) is 2.75. The summed E-state index contributed by atoms with van der Waals surface area (Å²) in [6, 6.07) is 14.1. The first-order valence-corrected chi connectivity index (χ1v) is 9.63. The van der Waals surface area contributed by atoms with Gasteiger partial charge in [0.25, 0.3) is 5.91 Å². The van der Waals surface area contributed by atoms with Crippen LogP contribution in [0.2, 0.25) is 0 Å². The minimum absolute atomic E-state index is 0.112. The third-order valence-electron chi connectivity index (χ3n) is 4.49. The smallest absolute Gasteiger partial charge is 0.251 e. The van der Waals surface area contributed by atoms with E-state index in [1.54, 1.807) is 29.7 Å². The number of nitrogens with zero attached hydrogens (tertiary/aromatic N) is 3. The summed E-state index contributed by atoms with van der Waals surface area (Å²) in [4.78, 5) is 15.7. The van der Waals surface area contributed by atoms with E-state index in [-0.39, 0.29) is 5.56 Å². The molecule has 4 rings (SSSR count). The van der Waals surface area contributed by atoms with Gasteiger partial charge in [-0.25, -0.2) is 9.37 Å². The molecule has 0 atom stereocenters. The van der Waals surface area contributed by atoms with Gasteiger partial charge in [0.05, 0.1) is 11.3 Å². The molecule has 0 unspecified atom stereocenters. The predicted molar refractivity (Wildman–Crippen MR) is 108 cm³/mol. The number of nitrogens with two attached hydrogens (primary N) is 1. The van der Waals surface area contributed by atoms with E-state index in [4.69, 9.17) is 5.73 Å². The van der Waals surface area contributed by atoms with Crippen molar-refractivity contribution < 1.29 is 9.18 Å². The van der Waals surface area contributed by atoms with Gasteiger partial charge in [-0.3, -0.25) is 9.48 Å². The Morgan fingerprint density at radius 2 is 1.93 bits per heavy atom. The largest absolute Gasteiger partial charge is 0.366 e. The van der Waals surface area contributed by atoms with Crippen LogP contribution in [-0.4, -0.2) is 20.7 Å². The highest BCUT2D eigenvalue weighted by Gasteiger charge is 2.15. The lowest BCUT2D eigenvalue weighted by Crippen LogP contribution is -2.13. The number of amides is 1. The zero-order valence-corrected chi connectivity index (χ0v) is 15.9. The fourth-order valence-corrected chi connectivity index (χ4v) is 3.70. The first-order chi connectivity index (χ1) is 13.6. The average Bonchev–Trinajstić information content (AvgIpc) is 3.37. The van der Waals surface area contributed by atoms with E-state index in [9.17, 15) is 9.18 Å². The van der Waals surface area contributed by atoms with Crippen LogP contribution >= 0.6 is 11.3 Å². The van der Waals surface area contributed by atoms with Crippen LogP contribution in [0.5, 0.6) is 0 Å². The van der Waals surface area contributed by atoms with Gasteiger partial charge < -0.3 is 5.73 Å². The van der Waals surface area contributed by atoms with Crippen molar-refractivity contribution in [1.29, 1.82) is 0 Å². The van der Waals surface area contributed by atoms with E-state index in [1.165, 1.54) is 6.07 Å². The predicted octanol–water partition coefficient (Wildman–Crippen LogP) is 4.60. The maximum atomic E-state index is 14.6. The zero-order chi connectivity index (χ0) is 19.7. The number of benzene rings is 2. The monoisotopic (exact) mass is 392 g/mol. The molecule has 0 bridgehead atoms. The lowest BCUT2D eigenvalue weighted by molar-refractivity contribution is 0.0996. The van der Waals surface area contributed by atoms with Crippen LogP contribution in [-0.2, 0) is 6.54 Å². The summed E-state index contributed by atoms with van der Waals surface area (Å²) >= 11 is 1.54. The van der Waals surface area contributed by atoms with Crippen LogP contribution in [0, 0.1) is 5.82 Å². The Hall–Kier alpha value is -3.32. The second-order valence-corrected chi connectivity index (χ2v) is 7.07. The van der Waals surface area contributed by atoms with E-state index in [2.05, 4.69) is 10.1 Å². The molecule has 0 fully saturated rings. The molecule has 0 aliphatic rings. The SMILES string of the molecule is CCn1nc(-c2nccs2)cc1-c1ccc(-c2cccc(C(N)=O)c2F)cc1. The van der Waals surface area contributed by atoms with Crippen molar-refractivity contribution in [2.24, 2.45) is 5.73 Å². The number of halogens is 1. The lowest BCUT2D eigenvalue weighted by Gasteiger charge is -2.08. The van der Waals surface area contributed by atoms with Gasteiger partial charge in [0.15, 0.2) is 0 Å². The Kier molecular flexibility index (Phi) is 4.75. The number of rotatable bonds is 5. The van der Waals surface area contributed by atoms with Gasteiger partial charge in [-0.2, -0.15) is 5.10 Å². The van der Waals surface area contributed by atoms with Crippen molar-refractivity contribution in [2.75, 3.05) is 0 Å². The second kappa shape index (κ2) is 7.36. The molecule has 2 heterocycles. The number of hydrogen-bond acceptors (Lipinski definition) is 4. The molecule has 0 radical (unpaired) electrons. The van der Waals surface area contributed by atoms with Crippen LogP contribution in [0.4, 0.5) is 4.39 Å². The molecule has 2 aromatic carbocycles. The Labute approximate surface area is 165 Å². The molecular formula is C21H17FN4OS. The molecular weight excluding hydrogens is 375 g/mol. The van der Waals surface area contributed by atoms with Gasteiger partial charge in [0, 0.05) is 23.7 Å². The van der Waals surface area contributed by atoms with E-state index in [1.807, 2.05) is 47.3 Å². The first kappa shape index (κ1) is 18.1.